The lowest BCUT2D eigenvalue weighted by Crippen LogP contribution is -2.09. The van der Waals surface area contributed by atoms with Crippen molar-refractivity contribution in [2.45, 2.75) is 143 Å². The van der Waals surface area contributed by atoms with E-state index in [2.05, 4.69) is 79.7 Å². The van der Waals surface area contributed by atoms with Crippen LogP contribution in [0, 0.1) is 0 Å². The van der Waals surface area contributed by atoms with Crippen LogP contribution in [0.5, 0.6) is 0 Å². The van der Waals surface area contributed by atoms with E-state index >= 15 is 0 Å². The van der Waals surface area contributed by atoms with Crippen molar-refractivity contribution < 1.29 is 9.47 Å². The highest BCUT2D eigenvalue weighted by Gasteiger charge is 2.50. The molecule has 0 aromatic rings. The van der Waals surface area contributed by atoms with Crippen LogP contribution in [0.4, 0.5) is 0 Å². The molecular weight excluding hydrogens is 392 g/mol. The van der Waals surface area contributed by atoms with Gasteiger partial charge in [0.2, 0.25) is 0 Å². The molecule has 2 aliphatic heterocycles. The van der Waals surface area contributed by atoms with E-state index in [0.29, 0.717) is 12.2 Å². The van der Waals surface area contributed by atoms with Crippen molar-refractivity contribution in [3.8, 4) is 0 Å². The Morgan fingerprint density at radius 2 is 1.12 bits per heavy atom. The van der Waals surface area contributed by atoms with Crippen LogP contribution in [0.25, 0.3) is 0 Å². The molecule has 0 spiro atoms. The summed E-state index contributed by atoms with van der Waals surface area (Å²) in [4.78, 5) is 0. The van der Waals surface area contributed by atoms with E-state index < -0.39 is 0 Å². The molecule has 0 radical (unpaired) electrons. The lowest BCUT2D eigenvalue weighted by molar-refractivity contribution is 0.295. The Labute approximate surface area is 199 Å². The first kappa shape index (κ1) is 27.1. The Morgan fingerprint density at radius 3 is 1.66 bits per heavy atom. The molecule has 3 atom stereocenters. The fraction of sp³-hybridized carbons (Fsp3) is 0.733. The molecule has 0 N–H and O–H groups in total. The van der Waals surface area contributed by atoms with Gasteiger partial charge < -0.3 is 9.47 Å². The smallest absolute Gasteiger partial charge is 0.0923 e. The second kappa shape index (κ2) is 12.4. The molecule has 182 valence electrons. The second-order valence-corrected chi connectivity index (χ2v) is 11.3. The van der Waals surface area contributed by atoms with E-state index in [0.717, 1.165) is 38.5 Å². The third-order valence-corrected chi connectivity index (χ3v) is 7.18. The topological polar surface area (TPSA) is 25.1 Å². The highest BCUT2D eigenvalue weighted by atomic mass is 16.6. The molecule has 2 heterocycles. The monoisotopic (exact) mass is 442 g/mol. The van der Waals surface area contributed by atoms with Gasteiger partial charge >= 0.3 is 0 Å². The summed E-state index contributed by atoms with van der Waals surface area (Å²) in [5.74, 6) is 0. The molecule has 0 saturated carbocycles. The van der Waals surface area contributed by atoms with E-state index in [1.807, 2.05) is 0 Å². The molecule has 0 aromatic carbocycles. The summed E-state index contributed by atoms with van der Waals surface area (Å²) in [5, 5.41) is 0. The van der Waals surface area contributed by atoms with Gasteiger partial charge in [0, 0.05) is 0 Å². The fourth-order valence-corrected chi connectivity index (χ4v) is 4.49. The minimum absolute atomic E-state index is 0.126. The minimum Gasteiger partial charge on any atom is -0.367 e. The molecule has 0 unspecified atom stereocenters. The van der Waals surface area contributed by atoms with Gasteiger partial charge in [-0.25, -0.2) is 0 Å². The highest BCUT2D eigenvalue weighted by Crippen LogP contribution is 2.43. The average Bonchev–Trinajstić information content (AvgIpc) is 3.55. The van der Waals surface area contributed by atoms with Crippen molar-refractivity contribution >= 4 is 0 Å². The first-order valence-electron chi connectivity index (χ1n) is 13.0. The number of allylic oxidation sites excluding steroid dienone is 8. The van der Waals surface area contributed by atoms with Gasteiger partial charge in [-0.05, 0) is 120 Å². The van der Waals surface area contributed by atoms with Gasteiger partial charge in [0.15, 0.2) is 0 Å². The Bertz CT molecular complexity index is 717. The molecule has 2 nitrogen and oxygen atoms in total. The predicted octanol–water partition coefficient (Wildman–Crippen LogP) is 9.03. The summed E-state index contributed by atoms with van der Waals surface area (Å²) in [7, 11) is 0. The van der Waals surface area contributed by atoms with E-state index in [-0.39, 0.29) is 11.2 Å². The van der Waals surface area contributed by atoms with Gasteiger partial charge in [-0.1, -0.05) is 46.6 Å². The SMILES string of the molecule is CC(C)=CCC[C@]1(C)O[C@H]1CC/C(C)=C/CC/C=C(\C)CC/C=C(\C)CC[C@H]1OC1(C)C. The minimum atomic E-state index is 0.126. The number of unbranched alkanes of at least 4 members (excludes halogenated alkanes) is 1. The number of rotatable bonds is 15. The van der Waals surface area contributed by atoms with Crippen LogP contribution in [-0.2, 0) is 9.47 Å². The maximum atomic E-state index is 6.01. The molecule has 0 aliphatic carbocycles. The third-order valence-electron chi connectivity index (χ3n) is 7.18. The first-order chi connectivity index (χ1) is 15.0. The Morgan fingerprint density at radius 1 is 0.625 bits per heavy atom. The van der Waals surface area contributed by atoms with Crippen molar-refractivity contribution in [3.05, 3.63) is 46.6 Å². The van der Waals surface area contributed by atoms with Crippen LogP contribution in [0.15, 0.2) is 46.6 Å². The van der Waals surface area contributed by atoms with Crippen molar-refractivity contribution in [2.75, 3.05) is 0 Å². The Balaban J connectivity index is 1.54. The maximum Gasteiger partial charge on any atom is 0.0923 e. The molecule has 2 heteroatoms. The molecule has 32 heavy (non-hydrogen) atoms. The van der Waals surface area contributed by atoms with E-state index in [9.17, 15) is 0 Å². The normalized spacial score (nSPS) is 27.4. The summed E-state index contributed by atoms with van der Waals surface area (Å²) in [6, 6.07) is 0. The second-order valence-electron chi connectivity index (χ2n) is 11.3. The predicted molar refractivity (Wildman–Crippen MR) is 139 cm³/mol. The van der Waals surface area contributed by atoms with Crippen LogP contribution in [-0.4, -0.2) is 23.4 Å². The van der Waals surface area contributed by atoms with Crippen molar-refractivity contribution in [1.29, 1.82) is 0 Å². The number of ether oxygens (including phenoxy) is 2. The van der Waals surface area contributed by atoms with Gasteiger partial charge in [-0.2, -0.15) is 0 Å². The fourth-order valence-electron chi connectivity index (χ4n) is 4.49. The molecule has 0 bridgehead atoms. The summed E-state index contributed by atoms with van der Waals surface area (Å²) in [6.07, 6.45) is 22.1. The zero-order valence-corrected chi connectivity index (χ0v) is 22.4. The van der Waals surface area contributed by atoms with E-state index in [1.165, 1.54) is 48.0 Å². The van der Waals surface area contributed by atoms with Crippen molar-refractivity contribution in [2.24, 2.45) is 0 Å². The molecular formula is C30H50O2. The summed E-state index contributed by atoms with van der Waals surface area (Å²) in [6.45, 7) is 17.8. The first-order valence-corrected chi connectivity index (χ1v) is 13.0. The highest BCUT2D eigenvalue weighted by molar-refractivity contribution is 5.08. The quantitative estimate of drug-likeness (QED) is 0.143. The van der Waals surface area contributed by atoms with Crippen LogP contribution < -0.4 is 0 Å². The molecule has 2 rings (SSSR count). The van der Waals surface area contributed by atoms with Gasteiger partial charge in [-0.3, -0.25) is 0 Å². The molecule has 2 aliphatic rings. The van der Waals surface area contributed by atoms with Crippen LogP contribution in [0.2, 0.25) is 0 Å². The largest absolute Gasteiger partial charge is 0.367 e. The lowest BCUT2D eigenvalue weighted by atomic mass is 9.96. The zero-order valence-electron chi connectivity index (χ0n) is 22.4. The number of hydrogen-bond donors (Lipinski definition) is 0. The molecule has 2 saturated heterocycles. The Hall–Kier alpha value is -1.12. The lowest BCUT2D eigenvalue weighted by Gasteiger charge is -2.05. The van der Waals surface area contributed by atoms with E-state index in [1.54, 1.807) is 0 Å². The zero-order chi connectivity index (χ0) is 23.8. The van der Waals surface area contributed by atoms with E-state index in [4.69, 9.17) is 9.47 Å². The summed E-state index contributed by atoms with van der Waals surface area (Å²) < 4.78 is 11.7. The summed E-state index contributed by atoms with van der Waals surface area (Å²) >= 11 is 0. The van der Waals surface area contributed by atoms with Crippen molar-refractivity contribution in [3.63, 3.8) is 0 Å². The third kappa shape index (κ3) is 10.2. The van der Waals surface area contributed by atoms with Gasteiger partial charge in [0.25, 0.3) is 0 Å². The molecule has 2 fully saturated rings. The number of epoxide rings is 2. The maximum absolute atomic E-state index is 6.01. The van der Waals surface area contributed by atoms with Gasteiger partial charge in [0.1, 0.15) is 0 Å². The van der Waals surface area contributed by atoms with Gasteiger partial charge in [0.05, 0.1) is 23.4 Å². The average molecular weight is 443 g/mol. The van der Waals surface area contributed by atoms with Gasteiger partial charge in [-0.15, -0.1) is 0 Å². The standard InChI is InChI=1S/C30H50O2/c1-23(2)13-12-22-30(8)28(32-30)21-19-25(4)15-10-9-14-24(3)16-11-17-26(5)18-20-27-29(6,7)31-27/h13-15,17,27-28H,9-12,16,18-22H2,1-8H3/b24-14+,25-15+,26-17+/t27-,28+,30+/m1/s1. The van der Waals surface area contributed by atoms with Crippen LogP contribution in [0.1, 0.15) is 120 Å². The molecule has 0 amide bonds. The number of hydrogen-bond acceptors (Lipinski definition) is 2. The summed E-state index contributed by atoms with van der Waals surface area (Å²) in [5.41, 5.74) is 6.20. The van der Waals surface area contributed by atoms with Crippen LogP contribution in [0.3, 0.4) is 0 Å². The van der Waals surface area contributed by atoms with Crippen molar-refractivity contribution in [1.82, 2.24) is 0 Å². The Kier molecular flexibility index (Phi) is 10.5. The molecule has 0 aromatic heterocycles. The van der Waals surface area contributed by atoms with Crippen LogP contribution >= 0.6 is 0 Å².